The Morgan fingerprint density at radius 2 is 2.20 bits per heavy atom. The second-order valence-corrected chi connectivity index (χ2v) is 4.29. The summed E-state index contributed by atoms with van der Waals surface area (Å²) in [6.07, 6.45) is 1.73. The van der Waals surface area contributed by atoms with Crippen molar-refractivity contribution in [1.82, 2.24) is 24.5 Å². The first-order valence-corrected chi connectivity index (χ1v) is 6.03. The lowest BCUT2D eigenvalue weighted by molar-refractivity contribution is -0.140. The van der Waals surface area contributed by atoms with Crippen LogP contribution >= 0.6 is 0 Å². The zero-order chi connectivity index (χ0) is 14.7. The summed E-state index contributed by atoms with van der Waals surface area (Å²) in [7, 11) is 2.89. The van der Waals surface area contributed by atoms with E-state index in [1.165, 1.54) is 16.5 Å². The molecule has 20 heavy (non-hydrogen) atoms. The summed E-state index contributed by atoms with van der Waals surface area (Å²) in [4.78, 5) is 32.7. The van der Waals surface area contributed by atoms with Crippen molar-refractivity contribution in [2.45, 2.75) is 13.3 Å². The Kier molecular flexibility index (Phi) is 3.92. The molecule has 0 N–H and O–H groups in total. The Morgan fingerprint density at radius 3 is 2.85 bits per heavy atom. The Balaban J connectivity index is 2.14. The number of esters is 1. The summed E-state index contributed by atoms with van der Waals surface area (Å²) < 4.78 is 6.03. The minimum atomic E-state index is -0.370. The van der Waals surface area contributed by atoms with E-state index in [2.05, 4.69) is 19.8 Å². The molecule has 0 bridgehead atoms. The lowest BCUT2D eigenvalue weighted by Crippen LogP contribution is -2.30. The molecule has 106 valence electrons. The van der Waals surface area contributed by atoms with Crippen molar-refractivity contribution in [3.63, 3.8) is 0 Å². The molecule has 0 saturated heterocycles. The monoisotopic (exact) mass is 277 g/mol. The first-order valence-electron chi connectivity index (χ1n) is 6.03. The Bertz CT molecular complexity index is 652. The van der Waals surface area contributed by atoms with E-state index in [4.69, 9.17) is 0 Å². The number of aryl methyl sites for hydroxylation is 1. The standard InChI is InChI=1S/C12H15N5O3/c1-8-4-6-13-12-14-10(15-17(8)12)11(19)16(2)7-5-9(18)20-3/h4,6H,5,7H2,1-3H3. The molecule has 0 atom stereocenters. The fourth-order valence-corrected chi connectivity index (χ4v) is 1.63. The zero-order valence-electron chi connectivity index (χ0n) is 11.5. The van der Waals surface area contributed by atoms with Crippen LogP contribution in [0.1, 0.15) is 22.7 Å². The molecule has 0 saturated carbocycles. The Hall–Kier alpha value is -2.51. The molecule has 0 aliphatic carbocycles. The van der Waals surface area contributed by atoms with Crippen LogP contribution in [0.15, 0.2) is 12.3 Å². The summed E-state index contributed by atoms with van der Waals surface area (Å²) in [5, 5.41) is 4.12. The summed E-state index contributed by atoms with van der Waals surface area (Å²) in [5.41, 5.74) is 0.832. The maximum absolute atomic E-state index is 12.1. The largest absolute Gasteiger partial charge is 0.469 e. The predicted molar refractivity (Wildman–Crippen MR) is 69.1 cm³/mol. The van der Waals surface area contributed by atoms with Crippen molar-refractivity contribution in [2.24, 2.45) is 0 Å². The van der Waals surface area contributed by atoms with Gasteiger partial charge in [-0.25, -0.2) is 9.50 Å². The zero-order valence-corrected chi connectivity index (χ0v) is 11.5. The molecular formula is C12H15N5O3. The highest BCUT2D eigenvalue weighted by atomic mass is 16.5. The van der Waals surface area contributed by atoms with E-state index < -0.39 is 0 Å². The summed E-state index contributed by atoms with van der Waals surface area (Å²) in [5.74, 6) is -0.308. The van der Waals surface area contributed by atoms with E-state index in [0.29, 0.717) is 5.78 Å². The highest BCUT2D eigenvalue weighted by Gasteiger charge is 2.19. The fraction of sp³-hybridized carbons (Fsp3) is 0.417. The van der Waals surface area contributed by atoms with Crippen LogP contribution in [0.4, 0.5) is 0 Å². The van der Waals surface area contributed by atoms with Gasteiger partial charge in [0, 0.05) is 25.5 Å². The molecule has 2 heterocycles. The van der Waals surface area contributed by atoms with E-state index in [0.717, 1.165) is 5.69 Å². The van der Waals surface area contributed by atoms with Crippen molar-refractivity contribution in [1.29, 1.82) is 0 Å². The Morgan fingerprint density at radius 1 is 1.45 bits per heavy atom. The number of carbonyl (C=O) groups excluding carboxylic acids is 2. The van der Waals surface area contributed by atoms with Gasteiger partial charge in [-0.05, 0) is 13.0 Å². The average molecular weight is 277 g/mol. The van der Waals surface area contributed by atoms with Gasteiger partial charge in [-0.15, -0.1) is 5.10 Å². The molecule has 2 aromatic heterocycles. The van der Waals surface area contributed by atoms with Gasteiger partial charge in [0.05, 0.1) is 13.5 Å². The number of carbonyl (C=O) groups is 2. The lowest BCUT2D eigenvalue weighted by Gasteiger charge is -2.13. The quantitative estimate of drug-likeness (QED) is 0.734. The van der Waals surface area contributed by atoms with E-state index in [9.17, 15) is 9.59 Å². The topological polar surface area (TPSA) is 89.7 Å². The SMILES string of the molecule is COC(=O)CCN(C)C(=O)c1nc2nccc(C)n2n1. The van der Waals surface area contributed by atoms with Crippen LogP contribution in [-0.4, -0.2) is 57.1 Å². The molecule has 8 heteroatoms. The van der Waals surface area contributed by atoms with Gasteiger partial charge in [0.25, 0.3) is 11.7 Å². The number of hydrogen-bond acceptors (Lipinski definition) is 6. The molecule has 0 unspecified atom stereocenters. The van der Waals surface area contributed by atoms with Gasteiger partial charge in [-0.2, -0.15) is 4.98 Å². The number of ether oxygens (including phenoxy) is 1. The number of rotatable bonds is 4. The first-order chi connectivity index (χ1) is 9.52. The van der Waals surface area contributed by atoms with Crippen LogP contribution < -0.4 is 0 Å². The van der Waals surface area contributed by atoms with Crippen LogP contribution in [0.25, 0.3) is 5.78 Å². The van der Waals surface area contributed by atoms with Crippen molar-refractivity contribution >= 4 is 17.7 Å². The maximum Gasteiger partial charge on any atom is 0.307 e. The highest BCUT2D eigenvalue weighted by Crippen LogP contribution is 2.04. The van der Waals surface area contributed by atoms with Crippen LogP contribution in [0.5, 0.6) is 0 Å². The van der Waals surface area contributed by atoms with Gasteiger partial charge < -0.3 is 9.64 Å². The third-order valence-electron chi connectivity index (χ3n) is 2.85. The molecule has 8 nitrogen and oxygen atoms in total. The molecule has 0 aromatic carbocycles. The van der Waals surface area contributed by atoms with Crippen LogP contribution in [-0.2, 0) is 9.53 Å². The number of fused-ring (bicyclic) bond motifs is 1. The van der Waals surface area contributed by atoms with Crippen LogP contribution in [0.3, 0.4) is 0 Å². The number of nitrogens with zero attached hydrogens (tertiary/aromatic N) is 5. The summed E-state index contributed by atoms with van der Waals surface area (Å²) in [6.45, 7) is 2.09. The van der Waals surface area contributed by atoms with Crippen molar-refractivity contribution < 1.29 is 14.3 Å². The first kappa shape index (κ1) is 13.9. The van der Waals surface area contributed by atoms with Gasteiger partial charge in [-0.3, -0.25) is 9.59 Å². The number of hydrogen-bond donors (Lipinski definition) is 0. The molecule has 2 aromatic rings. The van der Waals surface area contributed by atoms with Crippen LogP contribution in [0.2, 0.25) is 0 Å². The number of methoxy groups -OCH3 is 1. The van der Waals surface area contributed by atoms with Crippen LogP contribution in [0, 0.1) is 6.92 Å². The van der Waals surface area contributed by atoms with Gasteiger partial charge in [0.15, 0.2) is 0 Å². The molecule has 0 radical (unpaired) electrons. The van der Waals surface area contributed by atoms with Gasteiger partial charge >= 0.3 is 5.97 Å². The van der Waals surface area contributed by atoms with Crippen molar-refractivity contribution in [3.8, 4) is 0 Å². The van der Waals surface area contributed by atoms with E-state index >= 15 is 0 Å². The normalized spacial score (nSPS) is 10.6. The molecular weight excluding hydrogens is 262 g/mol. The Labute approximate surface area is 115 Å². The lowest BCUT2D eigenvalue weighted by atomic mass is 10.4. The van der Waals surface area contributed by atoms with E-state index in [1.807, 2.05) is 6.92 Å². The summed E-state index contributed by atoms with van der Waals surface area (Å²) >= 11 is 0. The third-order valence-corrected chi connectivity index (χ3v) is 2.85. The van der Waals surface area contributed by atoms with Gasteiger partial charge in [-0.1, -0.05) is 0 Å². The highest BCUT2D eigenvalue weighted by molar-refractivity contribution is 5.90. The van der Waals surface area contributed by atoms with Crippen molar-refractivity contribution in [2.75, 3.05) is 20.7 Å². The second kappa shape index (κ2) is 5.64. The average Bonchev–Trinajstić information content (AvgIpc) is 2.89. The minimum absolute atomic E-state index is 0.0548. The fourth-order valence-electron chi connectivity index (χ4n) is 1.63. The smallest absolute Gasteiger partial charge is 0.307 e. The van der Waals surface area contributed by atoms with Crippen molar-refractivity contribution in [3.05, 3.63) is 23.8 Å². The molecule has 0 aliphatic rings. The summed E-state index contributed by atoms with van der Waals surface area (Å²) in [6, 6.07) is 1.77. The molecule has 0 fully saturated rings. The van der Waals surface area contributed by atoms with Gasteiger partial charge in [0.2, 0.25) is 5.82 Å². The molecule has 0 spiro atoms. The second-order valence-electron chi connectivity index (χ2n) is 4.29. The van der Waals surface area contributed by atoms with Gasteiger partial charge in [0.1, 0.15) is 0 Å². The predicted octanol–water partition coefficient (Wildman–Crippen LogP) is 0.0678. The molecule has 2 rings (SSSR count). The number of amides is 1. The number of aromatic nitrogens is 4. The maximum atomic E-state index is 12.1. The third kappa shape index (κ3) is 2.73. The van der Waals surface area contributed by atoms with E-state index in [1.54, 1.807) is 19.3 Å². The molecule has 1 amide bonds. The molecule has 0 aliphatic heterocycles. The van der Waals surface area contributed by atoms with E-state index in [-0.39, 0.29) is 30.7 Å². The minimum Gasteiger partial charge on any atom is -0.469 e.